The van der Waals surface area contributed by atoms with E-state index in [2.05, 4.69) is 15.5 Å². The molecule has 0 saturated heterocycles. The zero-order chi connectivity index (χ0) is 16.8. The zero-order valence-electron chi connectivity index (χ0n) is 12.6. The van der Waals surface area contributed by atoms with Gasteiger partial charge in [0.05, 0.1) is 11.8 Å². The van der Waals surface area contributed by atoms with Crippen molar-refractivity contribution in [2.24, 2.45) is 0 Å². The second-order valence-electron chi connectivity index (χ2n) is 4.94. The number of hydrogen-bond donors (Lipinski definition) is 1. The van der Waals surface area contributed by atoms with Gasteiger partial charge in [-0.25, -0.2) is 4.39 Å². The van der Waals surface area contributed by atoms with Gasteiger partial charge < -0.3 is 9.84 Å². The molecule has 0 radical (unpaired) electrons. The van der Waals surface area contributed by atoms with E-state index in [1.807, 2.05) is 30.3 Å². The van der Waals surface area contributed by atoms with Crippen molar-refractivity contribution in [3.8, 4) is 11.4 Å². The number of rotatable bonds is 7. The van der Waals surface area contributed by atoms with Crippen molar-refractivity contribution in [2.45, 2.75) is 11.3 Å². The van der Waals surface area contributed by atoms with Gasteiger partial charge in [-0.3, -0.25) is 0 Å². The quantitative estimate of drug-likeness (QED) is 0.662. The molecule has 124 valence electrons. The van der Waals surface area contributed by atoms with Gasteiger partial charge in [-0.2, -0.15) is 4.68 Å². The first kappa shape index (κ1) is 16.4. The van der Waals surface area contributed by atoms with Crippen molar-refractivity contribution in [1.82, 2.24) is 20.2 Å². The number of aromatic nitrogens is 4. The van der Waals surface area contributed by atoms with Crippen LogP contribution in [0.15, 0.2) is 59.8 Å². The molecule has 0 amide bonds. The predicted octanol–water partition coefficient (Wildman–Crippen LogP) is 2.33. The lowest BCUT2D eigenvalue weighted by molar-refractivity contribution is 0.126. The van der Waals surface area contributed by atoms with Crippen LogP contribution in [0.4, 0.5) is 4.39 Å². The van der Waals surface area contributed by atoms with Gasteiger partial charge in [-0.15, -0.1) is 5.10 Å². The Morgan fingerprint density at radius 3 is 2.62 bits per heavy atom. The van der Waals surface area contributed by atoms with Crippen LogP contribution >= 0.6 is 11.8 Å². The minimum absolute atomic E-state index is 0.103. The summed E-state index contributed by atoms with van der Waals surface area (Å²) < 4.78 is 19.8. The van der Waals surface area contributed by atoms with Crippen molar-refractivity contribution in [3.05, 3.63) is 60.4 Å². The average molecular weight is 346 g/mol. The Balaban J connectivity index is 1.53. The highest BCUT2D eigenvalue weighted by atomic mass is 32.2. The number of aliphatic hydroxyl groups excluding tert-OH is 1. The number of hydrogen-bond acceptors (Lipinski definition) is 6. The summed E-state index contributed by atoms with van der Waals surface area (Å²) in [4.78, 5) is 0. The first-order valence-corrected chi connectivity index (χ1v) is 8.24. The van der Waals surface area contributed by atoms with Crippen LogP contribution in [0.5, 0.6) is 5.75 Å². The molecule has 0 aliphatic heterocycles. The first-order chi connectivity index (χ1) is 11.7. The van der Waals surface area contributed by atoms with Crippen LogP contribution in [0, 0.1) is 5.82 Å². The molecule has 1 heterocycles. The fourth-order valence-corrected chi connectivity index (χ4v) is 2.74. The normalized spacial score (nSPS) is 12.1. The molecular weight excluding hydrogens is 331 g/mol. The lowest BCUT2D eigenvalue weighted by atomic mass is 10.3. The molecule has 1 aromatic heterocycles. The Labute approximate surface area is 142 Å². The van der Waals surface area contributed by atoms with Crippen LogP contribution in [-0.4, -0.2) is 43.8 Å². The molecule has 0 saturated carbocycles. The van der Waals surface area contributed by atoms with E-state index >= 15 is 0 Å². The number of nitrogens with zero attached hydrogens (tertiary/aromatic N) is 4. The molecule has 1 atom stereocenters. The third-order valence-corrected chi connectivity index (χ3v) is 4.17. The second-order valence-corrected chi connectivity index (χ2v) is 5.93. The summed E-state index contributed by atoms with van der Waals surface area (Å²) in [6, 6.07) is 15.2. The standard InChI is InChI=1S/C16H15FN4O2S/c17-12-6-8-15(9-7-12)23-10-14(22)11-24-16-18-19-20-21(16)13-4-2-1-3-5-13/h1-9,14,22H,10-11H2. The highest BCUT2D eigenvalue weighted by Crippen LogP contribution is 2.19. The Kier molecular flexibility index (Phi) is 5.39. The lowest BCUT2D eigenvalue weighted by Crippen LogP contribution is -2.20. The van der Waals surface area contributed by atoms with E-state index in [0.29, 0.717) is 16.7 Å². The number of para-hydroxylation sites is 1. The molecule has 24 heavy (non-hydrogen) atoms. The summed E-state index contributed by atoms with van der Waals surface area (Å²) >= 11 is 1.33. The monoisotopic (exact) mass is 346 g/mol. The molecule has 0 spiro atoms. The molecule has 3 aromatic rings. The number of thioether (sulfide) groups is 1. The van der Waals surface area contributed by atoms with Gasteiger partial charge in [0.25, 0.3) is 0 Å². The van der Waals surface area contributed by atoms with Crippen LogP contribution in [-0.2, 0) is 0 Å². The Morgan fingerprint density at radius 1 is 1.12 bits per heavy atom. The Morgan fingerprint density at radius 2 is 1.88 bits per heavy atom. The Hall–Kier alpha value is -2.45. The third kappa shape index (κ3) is 4.30. The summed E-state index contributed by atoms with van der Waals surface area (Å²) in [5, 5.41) is 22.2. The molecule has 8 heteroatoms. The van der Waals surface area contributed by atoms with Gasteiger partial charge in [0.2, 0.25) is 5.16 Å². The molecule has 0 fully saturated rings. The maximum absolute atomic E-state index is 12.8. The minimum Gasteiger partial charge on any atom is -0.491 e. The van der Waals surface area contributed by atoms with Crippen LogP contribution in [0.2, 0.25) is 0 Å². The van der Waals surface area contributed by atoms with Gasteiger partial charge in [0.15, 0.2) is 0 Å². The highest BCUT2D eigenvalue weighted by molar-refractivity contribution is 7.99. The summed E-state index contributed by atoms with van der Waals surface area (Å²) in [7, 11) is 0. The minimum atomic E-state index is -0.707. The molecular formula is C16H15FN4O2S. The number of aliphatic hydroxyl groups is 1. The maximum atomic E-state index is 12.8. The van der Waals surface area contributed by atoms with Crippen molar-refractivity contribution < 1.29 is 14.2 Å². The summed E-state index contributed by atoms with van der Waals surface area (Å²) in [6.45, 7) is 0.103. The van der Waals surface area contributed by atoms with E-state index in [9.17, 15) is 9.50 Å². The van der Waals surface area contributed by atoms with Gasteiger partial charge in [0.1, 0.15) is 18.2 Å². The Bertz CT molecular complexity index is 767. The van der Waals surface area contributed by atoms with Crippen molar-refractivity contribution in [3.63, 3.8) is 0 Å². The van der Waals surface area contributed by atoms with Crippen LogP contribution in [0.1, 0.15) is 0 Å². The van der Waals surface area contributed by atoms with E-state index in [1.165, 1.54) is 36.0 Å². The number of benzene rings is 2. The van der Waals surface area contributed by atoms with E-state index in [1.54, 1.807) is 4.68 Å². The third-order valence-electron chi connectivity index (χ3n) is 3.10. The fraction of sp³-hybridized carbons (Fsp3) is 0.188. The van der Waals surface area contributed by atoms with E-state index in [-0.39, 0.29) is 12.4 Å². The van der Waals surface area contributed by atoms with E-state index in [0.717, 1.165) is 5.69 Å². The van der Waals surface area contributed by atoms with Crippen molar-refractivity contribution in [2.75, 3.05) is 12.4 Å². The van der Waals surface area contributed by atoms with Gasteiger partial charge in [-0.05, 0) is 46.8 Å². The number of halogens is 1. The van der Waals surface area contributed by atoms with Crippen LogP contribution in [0.3, 0.4) is 0 Å². The number of ether oxygens (including phenoxy) is 1. The molecule has 0 aliphatic rings. The van der Waals surface area contributed by atoms with Gasteiger partial charge in [0, 0.05) is 5.75 Å². The van der Waals surface area contributed by atoms with E-state index < -0.39 is 6.10 Å². The summed E-state index contributed by atoms with van der Waals surface area (Å²) in [6.07, 6.45) is -0.707. The van der Waals surface area contributed by atoms with E-state index in [4.69, 9.17) is 4.74 Å². The molecule has 0 aliphatic carbocycles. The molecule has 6 nitrogen and oxygen atoms in total. The first-order valence-electron chi connectivity index (χ1n) is 7.25. The van der Waals surface area contributed by atoms with Crippen molar-refractivity contribution in [1.29, 1.82) is 0 Å². The average Bonchev–Trinajstić information content (AvgIpc) is 3.09. The van der Waals surface area contributed by atoms with Crippen molar-refractivity contribution >= 4 is 11.8 Å². The highest BCUT2D eigenvalue weighted by Gasteiger charge is 2.12. The fourth-order valence-electron chi connectivity index (χ4n) is 1.94. The zero-order valence-corrected chi connectivity index (χ0v) is 13.4. The molecule has 0 bridgehead atoms. The summed E-state index contributed by atoms with van der Waals surface area (Å²) in [5.74, 6) is 0.551. The molecule has 1 N–H and O–H groups in total. The summed E-state index contributed by atoms with van der Waals surface area (Å²) in [5.41, 5.74) is 0.849. The second kappa shape index (κ2) is 7.89. The molecule has 2 aromatic carbocycles. The topological polar surface area (TPSA) is 73.1 Å². The largest absolute Gasteiger partial charge is 0.491 e. The molecule has 1 unspecified atom stereocenters. The molecule has 3 rings (SSSR count). The maximum Gasteiger partial charge on any atom is 0.214 e. The predicted molar refractivity (Wildman–Crippen MR) is 87.8 cm³/mol. The van der Waals surface area contributed by atoms with Gasteiger partial charge >= 0.3 is 0 Å². The SMILES string of the molecule is OC(COc1ccc(F)cc1)CSc1nnnn1-c1ccccc1. The van der Waals surface area contributed by atoms with Crippen LogP contribution in [0.25, 0.3) is 5.69 Å². The van der Waals surface area contributed by atoms with Gasteiger partial charge in [-0.1, -0.05) is 30.0 Å². The van der Waals surface area contributed by atoms with Crippen LogP contribution < -0.4 is 4.74 Å². The smallest absolute Gasteiger partial charge is 0.214 e. The lowest BCUT2D eigenvalue weighted by Gasteiger charge is -2.12. The number of tetrazole rings is 1.